The highest BCUT2D eigenvalue weighted by molar-refractivity contribution is 7.89. The van der Waals surface area contributed by atoms with Crippen molar-refractivity contribution in [1.29, 1.82) is 0 Å². The smallest absolute Gasteiger partial charge is 0.318 e. The van der Waals surface area contributed by atoms with Gasteiger partial charge in [0.05, 0.1) is 4.90 Å². The van der Waals surface area contributed by atoms with Gasteiger partial charge in [0.25, 0.3) is 0 Å². The third kappa shape index (κ3) is 3.64. The number of ketones is 1. The summed E-state index contributed by atoms with van der Waals surface area (Å²) < 4.78 is 25.2. The van der Waals surface area contributed by atoms with E-state index in [-0.39, 0.29) is 10.7 Å². The van der Waals surface area contributed by atoms with Crippen molar-refractivity contribution in [2.45, 2.75) is 18.2 Å². The normalized spacial score (nSPS) is 11.2. The predicted molar refractivity (Wildman–Crippen MR) is 63.9 cm³/mol. The van der Waals surface area contributed by atoms with E-state index in [0.29, 0.717) is 12.0 Å². The van der Waals surface area contributed by atoms with E-state index in [4.69, 9.17) is 5.11 Å². The van der Waals surface area contributed by atoms with E-state index in [1.54, 1.807) is 6.92 Å². The lowest BCUT2D eigenvalue weighted by molar-refractivity contribution is -0.135. The first-order valence-electron chi connectivity index (χ1n) is 5.21. The van der Waals surface area contributed by atoms with Crippen LogP contribution in [0.1, 0.15) is 23.7 Å². The Hall–Kier alpha value is -1.73. The quantitative estimate of drug-likeness (QED) is 0.739. The summed E-state index contributed by atoms with van der Waals surface area (Å²) in [5.41, 5.74) is 0.426. The number of nitrogens with one attached hydrogen (secondary N) is 1. The van der Waals surface area contributed by atoms with Gasteiger partial charge >= 0.3 is 5.97 Å². The summed E-state index contributed by atoms with van der Waals surface area (Å²) in [6.45, 7) is 1.03. The molecular formula is C11H13NO5S. The fourth-order valence-electron chi connectivity index (χ4n) is 1.26. The van der Waals surface area contributed by atoms with Crippen molar-refractivity contribution in [3.63, 3.8) is 0 Å². The minimum absolute atomic E-state index is 0.0728. The summed E-state index contributed by atoms with van der Waals surface area (Å²) in [6.07, 6.45) is 0.337. The van der Waals surface area contributed by atoms with Crippen LogP contribution in [0.5, 0.6) is 0 Å². The standard InChI is InChI=1S/C11H13NO5S/c1-2-10(13)8-3-5-9(6-4-8)18(16,17)12-7-11(14)15/h3-6,12H,2,7H2,1H3,(H,14,15). The number of carboxylic acid groups (broad SMARTS) is 1. The third-order valence-corrected chi connectivity index (χ3v) is 3.64. The molecule has 1 aromatic carbocycles. The number of sulfonamides is 1. The summed E-state index contributed by atoms with van der Waals surface area (Å²) in [5.74, 6) is -1.35. The summed E-state index contributed by atoms with van der Waals surface area (Å²) >= 11 is 0. The molecule has 1 aromatic rings. The highest BCUT2D eigenvalue weighted by Gasteiger charge is 2.15. The third-order valence-electron chi connectivity index (χ3n) is 2.22. The molecule has 7 heteroatoms. The number of aliphatic carboxylic acids is 1. The SMILES string of the molecule is CCC(=O)c1ccc(S(=O)(=O)NCC(=O)O)cc1. The Bertz CT molecular complexity index is 547. The van der Waals surface area contributed by atoms with Crippen LogP contribution < -0.4 is 4.72 Å². The van der Waals surface area contributed by atoms with Gasteiger partial charge in [-0.3, -0.25) is 9.59 Å². The van der Waals surface area contributed by atoms with Crippen LogP contribution in [0, 0.1) is 0 Å². The molecule has 0 aliphatic carbocycles. The Labute approximate surface area is 105 Å². The minimum Gasteiger partial charge on any atom is -0.480 e. The zero-order valence-electron chi connectivity index (χ0n) is 9.71. The Morgan fingerprint density at radius 3 is 2.22 bits per heavy atom. The maximum atomic E-state index is 11.6. The monoisotopic (exact) mass is 271 g/mol. The van der Waals surface area contributed by atoms with Crippen molar-refractivity contribution in [3.8, 4) is 0 Å². The van der Waals surface area contributed by atoms with Gasteiger partial charge in [0.2, 0.25) is 10.0 Å². The van der Waals surface area contributed by atoms with Gasteiger partial charge in [-0.05, 0) is 12.1 Å². The number of carbonyl (C=O) groups excluding carboxylic acids is 1. The minimum atomic E-state index is -3.85. The molecule has 0 aromatic heterocycles. The first-order chi connectivity index (χ1) is 8.36. The van der Waals surface area contributed by atoms with Crippen LogP contribution in [0.25, 0.3) is 0 Å². The molecule has 0 spiro atoms. The molecule has 98 valence electrons. The number of rotatable bonds is 6. The van der Waals surface area contributed by atoms with E-state index in [1.807, 2.05) is 4.72 Å². The Balaban J connectivity index is 2.91. The summed E-state index contributed by atoms with van der Waals surface area (Å²) in [6, 6.07) is 5.35. The number of carbonyl (C=O) groups is 2. The molecule has 1 rings (SSSR count). The zero-order valence-corrected chi connectivity index (χ0v) is 10.5. The molecular weight excluding hydrogens is 258 g/mol. The van der Waals surface area contributed by atoms with Gasteiger partial charge in [0.15, 0.2) is 5.78 Å². The van der Waals surface area contributed by atoms with E-state index < -0.39 is 22.5 Å². The van der Waals surface area contributed by atoms with Crippen molar-refractivity contribution < 1.29 is 23.1 Å². The second-order valence-corrected chi connectivity index (χ2v) is 5.29. The van der Waals surface area contributed by atoms with Crippen LogP contribution in [-0.4, -0.2) is 31.8 Å². The van der Waals surface area contributed by atoms with Gasteiger partial charge in [0.1, 0.15) is 6.54 Å². The van der Waals surface area contributed by atoms with Gasteiger partial charge < -0.3 is 5.11 Å². The molecule has 6 nitrogen and oxygen atoms in total. The summed E-state index contributed by atoms with van der Waals surface area (Å²) in [5, 5.41) is 8.40. The number of hydrogen-bond acceptors (Lipinski definition) is 4. The zero-order chi connectivity index (χ0) is 13.8. The van der Waals surface area contributed by atoms with Crippen LogP contribution in [0.2, 0.25) is 0 Å². The Morgan fingerprint density at radius 2 is 1.78 bits per heavy atom. The lowest BCUT2D eigenvalue weighted by Gasteiger charge is -2.05. The molecule has 0 saturated heterocycles. The van der Waals surface area contributed by atoms with E-state index in [2.05, 4.69) is 0 Å². The van der Waals surface area contributed by atoms with E-state index in [0.717, 1.165) is 0 Å². The van der Waals surface area contributed by atoms with Gasteiger partial charge in [-0.25, -0.2) is 8.42 Å². The topological polar surface area (TPSA) is 101 Å². The van der Waals surface area contributed by atoms with Gasteiger partial charge in [-0.15, -0.1) is 0 Å². The van der Waals surface area contributed by atoms with Crippen molar-refractivity contribution >= 4 is 21.8 Å². The maximum Gasteiger partial charge on any atom is 0.318 e. The molecule has 0 atom stereocenters. The van der Waals surface area contributed by atoms with E-state index in [9.17, 15) is 18.0 Å². The summed E-state index contributed by atoms with van der Waals surface area (Å²) in [7, 11) is -3.85. The molecule has 0 aliphatic rings. The van der Waals surface area contributed by atoms with Crippen LogP contribution >= 0.6 is 0 Å². The van der Waals surface area contributed by atoms with Crippen molar-refractivity contribution in [3.05, 3.63) is 29.8 Å². The van der Waals surface area contributed by atoms with Crippen LogP contribution in [0.4, 0.5) is 0 Å². The summed E-state index contributed by atoms with van der Waals surface area (Å²) in [4.78, 5) is 21.6. The number of carboxylic acids is 1. The first kappa shape index (κ1) is 14.3. The van der Waals surface area contributed by atoms with Crippen molar-refractivity contribution in [2.75, 3.05) is 6.54 Å². The lowest BCUT2D eigenvalue weighted by Crippen LogP contribution is -2.29. The molecule has 2 N–H and O–H groups in total. The molecule has 0 amide bonds. The first-order valence-corrected chi connectivity index (χ1v) is 6.70. The molecule has 0 unspecified atom stereocenters. The molecule has 0 fully saturated rings. The number of Topliss-reactive ketones (excluding diaryl/α,β-unsaturated/α-hetero) is 1. The second-order valence-electron chi connectivity index (χ2n) is 3.52. The Kier molecular flexibility index (Phi) is 4.57. The van der Waals surface area contributed by atoms with E-state index in [1.165, 1.54) is 24.3 Å². The number of hydrogen-bond donors (Lipinski definition) is 2. The van der Waals surface area contributed by atoms with Crippen LogP contribution in [0.3, 0.4) is 0 Å². The lowest BCUT2D eigenvalue weighted by atomic mass is 10.1. The molecule has 18 heavy (non-hydrogen) atoms. The highest BCUT2D eigenvalue weighted by atomic mass is 32.2. The van der Waals surface area contributed by atoms with Crippen LogP contribution in [-0.2, 0) is 14.8 Å². The average Bonchev–Trinajstić information content (AvgIpc) is 2.36. The average molecular weight is 271 g/mol. The molecule has 0 bridgehead atoms. The molecule has 0 heterocycles. The maximum absolute atomic E-state index is 11.6. The van der Waals surface area contributed by atoms with Gasteiger partial charge in [0, 0.05) is 12.0 Å². The van der Waals surface area contributed by atoms with Gasteiger partial charge in [-0.2, -0.15) is 4.72 Å². The molecule has 0 aliphatic heterocycles. The van der Waals surface area contributed by atoms with Crippen molar-refractivity contribution in [1.82, 2.24) is 4.72 Å². The molecule has 0 saturated carbocycles. The van der Waals surface area contributed by atoms with Gasteiger partial charge in [-0.1, -0.05) is 19.1 Å². The Morgan fingerprint density at radius 1 is 1.22 bits per heavy atom. The van der Waals surface area contributed by atoms with Crippen molar-refractivity contribution in [2.24, 2.45) is 0 Å². The second kappa shape index (κ2) is 5.74. The fourth-order valence-corrected chi connectivity index (χ4v) is 2.24. The largest absolute Gasteiger partial charge is 0.480 e. The highest BCUT2D eigenvalue weighted by Crippen LogP contribution is 2.11. The predicted octanol–water partition coefficient (Wildman–Crippen LogP) is 0.642. The molecule has 0 radical (unpaired) electrons. The fraction of sp³-hybridized carbons (Fsp3) is 0.273. The van der Waals surface area contributed by atoms with Crippen LogP contribution in [0.15, 0.2) is 29.2 Å². The van der Waals surface area contributed by atoms with E-state index >= 15 is 0 Å². The number of benzene rings is 1.